The molecule has 1 fully saturated rings. The quantitative estimate of drug-likeness (QED) is 0.655. The van der Waals surface area contributed by atoms with Crippen LogP contribution < -0.4 is 15.0 Å². The van der Waals surface area contributed by atoms with Gasteiger partial charge in [0.05, 0.1) is 24.8 Å². The summed E-state index contributed by atoms with van der Waals surface area (Å²) in [5.74, 6) is 0.00778. The van der Waals surface area contributed by atoms with Crippen LogP contribution in [0, 0.1) is 5.92 Å². The maximum atomic E-state index is 12.8. The number of anilines is 2. The van der Waals surface area contributed by atoms with Crippen molar-refractivity contribution in [3.63, 3.8) is 0 Å². The molecule has 7 heteroatoms. The van der Waals surface area contributed by atoms with Crippen LogP contribution in [-0.4, -0.2) is 34.7 Å². The number of nitrogens with one attached hydrogen (secondary N) is 1. The molecule has 1 atom stereocenters. The zero-order valence-electron chi connectivity index (χ0n) is 16.8. The fourth-order valence-corrected chi connectivity index (χ4v) is 3.65. The molecule has 1 aliphatic heterocycles. The Balaban J connectivity index is 1.43. The monoisotopic (exact) mass is 404 g/mol. The van der Waals surface area contributed by atoms with Gasteiger partial charge in [-0.05, 0) is 42.8 Å². The fourth-order valence-electron chi connectivity index (χ4n) is 3.65. The first-order chi connectivity index (χ1) is 14.6. The Bertz CT molecular complexity index is 1030. The molecule has 154 valence electrons. The molecule has 1 saturated heterocycles. The third kappa shape index (κ3) is 4.35. The van der Waals surface area contributed by atoms with Crippen molar-refractivity contribution < 1.29 is 14.3 Å². The van der Waals surface area contributed by atoms with Crippen molar-refractivity contribution in [1.29, 1.82) is 0 Å². The molecule has 2 amide bonds. The lowest BCUT2D eigenvalue weighted by atomic mass is 10.1. The standard InChI is InChI=1S/C23H24N4O3/c1-2-30-21-10-4-3-9-20(21)27-16-18(14-22(27)28)23(29)25-19-8-5-7-17(13-19)15-26-12-6-11-24-26/h3-13,18H,2,14-16H2,1H3,(H,25,29). The van der Waals surface area contributed by atoms with E-state index in [4.69, 9.17) is 4.74 Å². The Morgan fingerprint density at radius 3 is 2.87 bits per heavy atom. The van der Waals surface area contributed by atoms with Crippen LogP contribution in [0.3, 0.4) is 0 Å². The largest absolute Gasteiger partial charge is 0.492 e. The van der Waals surface area contributed by atoms with E-state index in [1.54, 1.807) is 11.1 Å². The minimum Gasteiger partial charge on any atom is -0.492 e. The topological polar surface area (TPSA) is 76.5 Å². The maximum absolute atomic E-state index is 12.8. The highest BCUT2D eigenvalue weighted by Gasteiger charge is 2.36. The lowest BCUT2D eigenvalue weighted by Gasteiger charge is -2.20. The van der Waals surface area contributed by atoms with Crippen LogP contribution >= 0.6 is 0 Å². The predicted octanol–water partition coefficient (Wildman–Crippen LogP) is 3.32. The lowest BCUT2D eigenvalue weighted by molar-refractivity contribution is -0.122. The molecule has 30 heavy (non-hydrogen) atoms. The Kier molecular flexibility index (Phi) is 5.79. The molecule has 2 heterocycles. The van der Waals surface area contributed by atoms with Gasteiger partial charge in [0.2, 0.25) is 11.8 Å². The van der Waals surface area contributed by atoms with Gasteiger partial charge in [-0.2, -0.15) is 5.10 Å². The number of carbonyl (C=O) groups excluding carboxylic acids is 2. The number of hydrogen-bond donors (Lipinski definition) is 1. The van der Waals surface area contributed by atoms with E-state index < -0.39 is 5.92 Å². The average molecular weight is 404 g/mol. The number of aromatic nitrogens is 2. The first-order valence-electron chi connectivity index (χ1n) is 10.0. The SMILES string of the molecule is CCOc1ccccc1N1CC(C(=O)Nc2cccc(Cn3cccn3)c2)CC1=O. The molecule has 0 spiro atoms. The molecule has 4 rings (SSSR count). The van der Waals surface area contributed by atoms with Gasteiger partial charge in [0, 0.05) is 31.0 Å². The van der Waals surface area contributed by atoms with Gasteiger partial charge in [0.15, 0.2) is 0 Å². The van der Waals surface area contributed by atoms with Gasteiger partial charge < -0.3 is 15.0 Å². The summed E-state index contributed by atoms with van der Waals surface area (Å²) < 4.78 is 7.47. The third-order valence-corrected chi connectivity index (χ3v) is 5.05. The Morgan fingerprint density at radius 2 is 2.07 bits per heavy atom. The number of benzene rings is 2. The Labute approximate surface area is 175 Å². The molecular formula is C23H24N4O3. The molecule has 1 unspecified atom stereocenters. The van der Waals surface area contributed by atoms with E-state index >= 15 is 0 Å². The van der Waals surface area contributed by atoms with Crippen LogP contribution in [-0.2, 0) is 16.1 Å². The van der Waals surface area contributed by atoms with E-state index in [2.05, 4.69) is 10.4 Å². The van der Waals surface area contributed by atoms with Crippen molar-refractivity contribution in [3.05, 3.63) is 72.6 Å². The van der Waals surface area contributed by atoms with E-state index in [1.807, 2.05) is 72.4 Å². The van der Waals surface area contributed by atoms with Crippen LogP contribution in [0.1, 0.15) is 18.9 Å². The molecule has 1 N–H and O–H groups in total. The first-order valence-corrected chi connectivity index (χ1v) is 10.0. The number of nitrogens with zero attached hydrogens (tertiary/aromatic N) is 3. The van der Waals surface area contributed by atoms with Crippen LogP contribution in [0.5, 0.6) is 5.75 Å². The number of rotatable bonds is 7. The first kappa shape index (κ1) is 19.7. The van der Waals surface area contributed by atoms with Crippen LogP contribution in [0.25, 0.3) is 0 Å². The number of amides is 2. The number of hydrogen-bond acceptors (Lipinski definition) is 4. The van der Waals surface area contributed by atoms with E-state index in [1.165, 1.54) is 0 Å². The molecule has 0 saturated carbocycles. The van der Waals surface area contributed by atoms with Gasteiger partial charge >= 0.3 is 0 Å². The van der Waals surface area contributed by atoms with Crippen molar-refractivity contribution in [2.75, 3.05) is 23.4 Å². The number of ether oxygens (including phenoxy) is 1. The normalized spacial score (nSPS) is 16.0. The summed E-state index contributed by atoms with van der Waals surface area (Å²) in [6.07, 6.45) is 3.81. The van der Waals surface area contributed by atoms with Crippen LogP contribution in [0.15, 0.2) is 67.0 Å². The zero-order chi connectivity index (χ0) is 20.9. The molecule has 2 aromatic carbocycles. The van der Waals surface area contributed by atoms with Gasteiger partial charge in [-0.15, -0.1) is 0 Å². The van der Waals surface area contributed by atoms with Crippen LogP contribution in [0.4, 0.5) is 11.4 Å². The summed E-state index contributed by atoms with van der Waals surface area (Å²) in [5, 5.41) is 7.16. The molecular weight excluding hydrogens is 380 g/mol. The van der Waals surface area contributed by atoms with Gasteiger partial charge in [0.25, 0.3) is 0 Å². The second-order valence-corrected chi connectivity index (χ2v) is 7.20. The summed E-state index contributed by atoms with van der Waals surface area (Å²) in [7, 11) is 0. The smallest absolute Gasteiger partial charge is 0.229 e. The highest BCUT2D eigenvalue weighted by Crippen LogP contribution is 2.33. The average Bonchev–Trinajstić information content (AvgIpc) is 3.39. The minimum absolute atomic E-state index is 0.0743. The predicted molar refractivity (Wildman–Crippen MR) is 114 cm³/mol. The molecule has 0 aliphatic carbocycles. The minimum atomic E-state index is -0.415. The van der Waals surface area contributed by atoms with Crippen molar-refractivity contribution >= 4 is 23.2 Å². The number of para-hydroxylation sites is 2. The molecule has 7 nitrogen and oxygen atoms in total. The Morgan fingerprint density at radius 1 is 1.20 bits per heavy atom. The summed E-state index contributed by atoms with van der Waals surface area (Å²) in [6.45, 7) is 3.37. The highest BCUT2D eigenvalue weighted by molar-refractivity contribution is 6.04. The second kappa shape index (κ2) is 8.82. The molecule has 0 bridgehead atoms. The maximum Gasteiger partial charge on any atom is 0.229 e. The fraction of sp³-hybridized carbons (Fsp3) is 0.261. The summed E-state index contributed by atoms with van der Waals surface area (Å²) in [4.78, 5) is 27.1. The van der Waals surface area contributed by atoms with Crippen molar-refractivity contribution in [2.45, 2.75) is 19.9 Å². The molecule has 0 radical (unpaired) electrons. The molecule has 1 aromatic heterocycles. The lowest BCUT2D eigenvalue weighted by Crippen LogP contribution is -2.28. The van der Waals surface area contributed by atoms with E-state index in [0.29, 0.717) is 36.8 Å². The van der Waals surface area contributed by atoms with E-state index in [9.17, 15) is 9.59 Å². The van der Waals surface area contributed by atoms with Crippen molar-refractivity contribution in [1.82, 2.24) is 9.78 Å². The third-order valence-electron chi connectivity index (χ3n) is 5.05. The highest BCUT2D eigenvalue weighted by atomic mass is 16.5. The van der Waals surface area contributed by atoms with Gasteiger partial charge in [-0.25, -0.2) is 0 Å². The van der Waals surface area contributed by atoms with Gasteiger partial charge in [-0.3, -0.25) is 14.3 Å². The zero-order valence-corrected chi connectivity index (χ0v) is 16.8. The Hall–Kier alpha value is -3.61. The van der Waals surface area contributed by atoms with Gasteiger partial charge in [-0.1, -0.05) is 24.3 Å². The molecule has 1 aliphatic rings. The number of carbonyl (C=O) groups is 2. The van der Waals surface area contributed by atoms with Crippen LogP contribution in [0.2, 0.25) is 0 Å². The van der Waals surface area contributed by atoms with E-state index in [0.717, 1.165) is 5.56 Å². The summed E-state index contributed by atoms with van der Waals surface area (Å²) in [6, 6.07) is 17.0. The summed E-state index contributed by atoms with van der Waals surface area (Å²) >= 11 is 0. The van der Waals surface area contributed by atoms with Crippen molar-refractivity contribution in [3.8, 4) is 5.75 Å². The van der Waals surface area contributed by atoms with Crippen molar-refractivity contribution in [2.24, 2.45) is 5.92 Å². The van der Waals surface area contributed by atoms with E-state index in [-0.39, 0.29) is 18.2 Å². The second-order valence-electron chi connectivity index (χ2n) is 7.20. The van der Waals surface area contributed by atoms with Gasteiger partial charge in [0.1, 0.15) is 5.75 Å². The summed E-state index contributed by atoms with van der Waals surface area (Å²) in [5.41, 5.74) is 2.46. The molecule has 3 aromatic rings.